The standard InChI is InChI=1S/C14H16N4O2/c1-4-9-18-14(15-16-17-18)11-7-8-12(19-5-2)13(10-11)20-6-3/h1,7-8,10H,5-6,9H2,2-3H3. The van der Waals surface area contributed by atoms with Crippen LogP contribution in [0.5, 0.6) is 11.5 Å². The van der Waals surface area contributed by atoms with Crippen molar-refractivity contribution in [1.82, 2.24) is 20.2 Å². The van der Waals surface area contributed by atoms with E-state index >= 15 is 0 Å². The van der Waals surface area contributed by atoms with Crippen LogP contribution in [0.4, 0.5) is 0 Å². The van der Waals surface area contributed by atoms with Crippen molar-refractivity contribution in [3.8, 4) is 35.2 Å². The Labute approximate surface area is 117 Å². The van der Waals surface area contributed by atoms with Crippen LogP contribution in [0.25, 0.3) is 11.4 Å². The van der Waals surface area contributed by atoms with Gasteiger partial charge in [0.25, 0.3) is 0 Å². The van der Waals surface area contributed by atoms with E-state index < -0.39 is 0 Å². The van der Waals surface area contributed by atoms with E-state index in [0.717, 1.165) is 5.56 Å². The summed E-state index contributed by atoms with van der Waals surface area (Å²) >= 11 is 0. The lowest BCUT2D eigenvalue weighted by Crippen LogP contribution is -2.02. The van der Waals surface area contributed by atoms with Gasteiger partial charge >= 0.3 is 0 Å². The van der Waals surface area contributed by atoms with E-state index in [1.807, 2.05) is 32.0 Å². The summed E-state index contributed by atoms with van der Waals surface area (Å²) in [6.45, 7) is 5.30. The third-order valence-corrected chi connectivity index (χ3v) is 2.57. The summed E-state index contributed by atoms with van der Waals surface area (Å²) in [5.41, 5.74) is 0.831. The minimum absolute atomic E-state index is 0.319. The number of terminal acetylenes is 1. The molecule has 6 heteroatoms. The first kappa shape index (κ1) is 13.9. The molecule has 20 heavy (non-hydrogen) atoms. The molecule has 1 heterocycles. The number of tetrazole rings is 1. The van der Waals surface area contributed by atoms with Crippen molar-refractivity contribution in [2.45, 2.75) is 20.4 Å². The highest BCUT2D eigenvalue weighted by atomic mass is 16.5. The molecule has 2 aromatic rings. The van der Waals surface area contributed by atoms with E-state index in [9.17, 15) is 0 Å². The first-order valence-corrected chi connectivity index (χ1v) is 6.39. The molecule has 0 radical (unpaired) electrons. The number of benzene rings is 1. The number of rotatable bonds is 6. The summed E-state index contributed by atoms with van der Waals surface area (Å²) in [6, 6.07) is 5.58. The summed E-state index contributed by atoms with van der Waals surface area (Å²) in [7, 11) is 0. The fraction of sp³-hybridized carbons (Fsp3) is 0.357. The highest BCUT2D eigenvalue weighted by Crippen LogP contribution is 2.31. The number of hydrogen-bond donors (Lipinski definition) is 0. The first-order valence-electron chi connectivity index (χ1n) is 6.39. The van der Waals surface area contributed by atoms with Crippen LogP contribution in [0.1, 0.15) is 13.8 Å². The molecule has 0 spiro atoms. The Balaban J connectivity index is 2.39. The van der Waals surface area contributed by atoms with Crippen molar-refractivity contribution < 1.29 is 9.47 Å². The van der Waals surface area contributed by atoms with Crippen LogP contribution in [-0.4, -0.2) is 33.4 Å². The molecular formula is C14H16N4O2. The van der Waals surface area contributed by atoms with Crippen LogP contribution in [0.2, 0.25) is 0 Å². The molecule has 1 aromatic carbocycles. The van der Waals surface area contributed by atoms with Gasteiger partial charge in [-0.05, 0) is 42.5 Å². The average Bonchev–Trinajstić information content (AvgIpc) is 2.90. The molecule has 0 fully saturated rings. The zero-order valence-corrected chi connectivity index (χ0v) is 11.5. The van der Waals surface area contributed by atoms with E-state index in [0.29, 0.717) is 37.1 Å². The summed E-state index contributed by atoms with van der Waals surface area (Å²) in [6.07, 6.45) is 5.30. The zero-order valence-electron chi connectivity index (χ0n) is 11.5. The minimum atomic E-state index is 0.319. The molecule has 0 saturated carbocycles. The van der Waals surface area contributed by atoms with Gasteiger partial charge in [0, 0.05) is 5.56 Å². The Morgan fingerprint density at radius 1 is 1.20 bits per heavy atom. The number of aromatic nitrogens is 4. The predicted octanol–water partition coefficient (Wildman–Crippen LogP) is 1.77. The topological polar surface area (TPSA) is 62.1 Å². The highest BCUT2D eigenvalue weighted by molar-refractivity contribution is 5.61. The number of hydrogen-bond acceptors (Lipinski definition) is 5. The summed E-state index contributed by atoms with van der Waals surface area (Å²) in [5.74, 6) is 4.49. The fourth-order valence-corrected chi connectivity index (χ4v) is 1.79. The highest BCUT2D eigenvalue weighted by Gasteiger charge is 2.12. The molecule has 0 bridgehead atoms. The molecule has 1 aromatic heterocycles. The summed E-state index contributed by atoms with van der Waals surface area (Å²) in [5, 5.41) is 11.5. The SMILES string of the molecule is C#CCn1nnnc1-c1ccc(OCC)c(OCC)c1. The lowest BCUT2D eigenvalue weighted by Gasteiger charge is -2.12. The predicted molar refractivity (Wildman–Crippen MR) is 74.4 cm³/mol. The summed E-state index contributed by atoms with van der Waals surface area (Å²) in [4.78, 5) is 0. The Morgan fingerprint density at radius 2 is 1.95 bits per heavy atom. The van der Waals surface area contributed by atoms with Gasteiger partial charge in [-0.1, -0.05) is 5.92 Å². The molecule has 0 aliphatic heterocycles. The van der Waals surface area contributed by atoms with Crippen LogP contribution in [-0.2, 0) is 6.54 Å². The van der Waals surface area contributed by atoms with Crippen LogP contribution in [0, 0.1) is 12.3 Å². The molecule has 0 aliphatic carbocycles. The second kappa shape index (κ2) is 6.57. The Hall–Kier alpha value is -2.55. The quantitative estimate of drug-likeness (QED) is 0.750. The molecule has 6 nitrogen and oxygen atoms in total. The van der Waals surface area contributed by atoms with Crippen molar-refractivity contribution in [2.24, 2.45) is 0 Å². The summed E-state index contributed by atoms with van der Waals surface area (Å²) < 4.78 is 12.7. The van der Waals surface area contributed by atoms with Gasteiger partial charge in [0.15, 0.2) is 17.3 Å². The van der Waals surface area contributed by atoms with Gasteiger partial charge in [0.05, 0.1) is 13.2 Å². The molecule has 2 rings (SSSR count). The van der Waals surface area contributed by atoms with E-state index in [2.05, 4.69) is 21.4 Å². The second-order valence-corrected chi connectivity index (χ2v) is 3.89. The molecule has 0 aliphatic rings. The van der Waals surface area contributed by atoms with E-state index in [4.69, 9.17) is 15.9 Å². The lowest BCUT2D eigenvalue weighted by atomic mass is 10.2. The largest absolute Gasteiger partial charge is 0.490 e. The van der Waals surface area contributed by atoms with Crippen LogP contribution < -0.4 is 9.47 Å². The van der Waals surface area contributed by atoms with Crippen LogP contribution >= 0.6 is 0 Å². The minimum Gasteiger partial charge on any atom is -0.490 e. The van der Waals surface area contributed by atoms with Crippen LogP contribution in [0.3, 0.4) is 0 Å². The Morgan fingerprint density at radius 3 is 2.65 bits per heavy atom. The molecule has 0 saturated heterocycles. The van der Waals surface area contributed by atoms with Gasteiger partial charge in [-0.3, -0.25) is 0 Å². The van der Waals surface area contributed by atoms with Crippen molar-refractivity contribution in [1.29, 1.82) is 0 Å². The second-order valence-electron chi connectivity index (χ2n) is 3.89. The monoisotopic (exact) mass is 272 g/mol. The maximum atomic E-state index is 5.58. The van der Waals surface area contributed by atoms with Crippen molar-refractivity contribution in [3.05, 3.63) is 18.2 Å². The normalized spacial score (nSPS) is 10.1. The number of ether oxygens (including phenoxy) is 2. The fourth-order valence-electron chi connectivity index (χ4n) is 1.79. The first-order chi connectivity index (χ1) is 9.80. The van der Waals surface area contributed by atoms with Gasteiger partial charge in [-0.25, -0.2) is 4.68 Å². The van der Waals surface area contributed by atoms with Crippen molar-refractivity contribution >= 4 is 0 Å². The van der Waals surface area contributed by atoms with Gasteiger partial charge in [-0.2, -0.15) is 0 Å². The Bertz CT molecular complexity index is 616. The zero-order chi connectivity index (χ0) is 14.4. The maximum Gasteiger partial charge on any atom is 0.183 e. The van der Waals surface area contributed by atoms with E-state index in [-0.39, 0.29) is 0 Å². The van der Waals surface area contributed by atoms with Crippen molar-refractivity contribution in [3.63, 3.8) is 0 Å². The van der Waals surface area contributed by atoms with Gasteiger partial charge in [-0.15, -0.1) is 11.5 Å². The number of nitrogens with zero attached hydrogens (tertiary/aromatic N) is 4. The van der Waals surface area contributed by atoms with Crippen molar-refractivity contribution in [2.75, 3.05) is 13.2 Å². The average molecular weight is 272 g/mol. The molecule has 104 valence electrons. The van der Waals surface area contributed by atoms with Gasteiger partial charge in [0.1, 0.15) is 6.54 Å². The molecule has 0 N–H and O–H groups in total. The van der Waals surface area contributed by atoms with Gasteiger partial charge < -0.3 is 9.47 Å². The molecule has 0 atom stereocenters. The molecule has 0 unspecified atom stereocenters. The third kappa shape index (κ3) is 2.88. The maximum absolute atomic E-state index is 5.58. The smallest absolute Gasteiger partial charge is 0.183 e. The van der Waals surface area contributed by atoms with Gasteiger partial charge in [0.2, 0.25) is 0 Å². The Kier molecular flexibility index (Phi) is 4.56. The lowest BCUT2D eigenvalue weighted by molar-refractivity contribution is 0.288. The van der Waals surface area contributed by atoms with E-state index in [1.165, 1.54) is 0 Å². The molecule has 0 amide bonds. The van der Waals surface area contributed by atoms with Crippen LogP contribution in [0.15, 0.2) is 18.2 Å². The van der Waals surface area contributed by atoms with E-state index in [1.54, 1.807) is 4.68 Å². The third-order valence-electron chi connectivity index (χ3n) is 2.57. The molecular weight excluding hydrogens is 256 g/mol.